The van der Waals surface area contributed by atoms with Gasteiger partial charge < -0.3 is 10.4 Å². The highest BCUT2D eigenvalue weighted by Crippen LogP contribution is 2.47. The number of amides is 1. The zero-order valence-corrected chi connectivity index (χ0v) is 13.8. The van der Waals surface area contributed by atoms with Gasteiger partial charge in [0.15, 0.2) is 0 Å². The Kier molecular flexibility index (Phi) is 4.41. The average molecular weight is 327 g/mol. The minimum Gasteiger partial charge on any atom is -0.385 e. The summed E-state index contributed by atoms with van der Waals surface area (Å²) >= 11 is 0. The van der Waals surface area contributed by atoms with Crippen molar-refractivity contribution in [3.63, 3.8) is 0 Å². The molecule has 1 amide bonds. The van der Waals surface area contributed by atoms with Crippen LogP contribution >= 0.6 is 0 Å². The second-order valence-corrected chi connectivity index (χ2v) is 6.88. The summed E-state index contributed by atoms with van der Waals surface area (Å²) < 4.78 is 13.4. The fourth-order valence-corrected chi connectivity index (χ4v) is 3.08. The maximum atomic E-state index is 13.4. The fraction of sp³-hybridized carbons (Fsp3) is 0.350. The van der Waals surface area contributed by atoms with Gasteiger partial charge in [0.2, 0.25) is 5.91 Å². The van der Waals surface area contributed by atoms with E-state index in [2.05, 4.69) is 5.32 Å². The lowest BCUT2D eigenvalue weighted by Crippen LogP contribution is -2.37. The van der Waals surface area contributed by atoms with Crippen LogP contribution in [0.3, 0.4) is 0 Å². The Balaban J connectivity index is 1.60. The Labute approximate surface area is 141 Å². The molecule has 0 bridgehead atoms. The molecule has 3 nitrogen and oxygen atoms in total. The molecule has 24 heavy (non-hydrogen) atoms. The van der Waals surface area contributed by atoms with Crippen molar-refractivity contribution in [1.29, 1.82) is 0 Å². The van der Waals surface area contributed by atoms with Crippen molar-refractivity contribution >= 4 is 5.91 Å². The third kappa shape index (κ3) is 3.65. The highest BCUT2D eigenvalue weighted by Gasteiger charge is 2.44. The van der Waals surface area contributed by atoms with E-state index in [1.807, 2.05) is 36.4 Å². The first-order valence-corrected chi connectivity index (χ1v) is 8.22. The Hall–Kier alpha value is -2.20. The number of halogens is 1. The lowest BCUT2D eigenvalue weighted by atomic mass is 9.91. The molecule has 0 heterocycles. The molecule has 4 heteroatoms. The molecule has 0 aliphatic heterocycles. The van der Waals surface area contributed by atoms with Gasteiger partial charge in [-0.15, -0.1) is 0 Å². The summed E-state index contributed by atoms with van der Waals surface area (Å²) in [5, 5.41) is 13.5. The minimum atomic E-state index is -1.21. The first kappa shape index (κ1) is 16.7. The molecular formula is C20H22FNO2. The molecule has 1 atom stereocenters. The van der Waals surface area contributed by atoms with Gasteiger partial charge in [0, 0.05) is 12.0 Å². The molecule has 1 aliphatic carbocycles. The van der Waals surface area contributed by atoms with Crippen LogP contribution in [-0.4, -0.2) is 17.6 Å². The van der Waals surface area contributed by atoms with Gasteiger partial charge >= 0.3 is 0 Å². The maximum Gasteiger partial charge on any atom is 0.223 e. The summed E-state index contributed by atoms with van der Waals surface area (Å²) in [5.41, 5.74) is 0.279. The summed E-state index contributed by atoms with van der Waals surface area (Å²) in [4.78, 5) is 12.3. The van der Waals surface area contributed by atoms with E-state index in [9.17, 15) is 14.3 Å². The molecule has 1 aliphatic rings. The van der Waals surface area contributed by atoms with Gasteiger partial charge in [0.05, 0.1) is 12.0 Å². The van der Waals surface area contributed by atoms with Crippen LogP contribution in [0.1, 0.15) is 37.3 Å². The van der Waals surface area contributed by atoms with Crippen LogP contribution in [0, 0.1) is 5.82 Å². The predicted octanol–water partition coefficient (Wildman–Crippen LogP) is 3.27. The SMILES string of the molecule is CC(O)(CC(=O)NCC1(c2cccc(F)c2)CC1)c1ccccc1. The molecule has 0 aromatic heterocycles. The number of hydrogen-bond acceptors (Lipinski definition) is 2. The van der Waals surface area contributed by atoms with Crippen molar-refractivity contribution in [3.05, 3.63) is 71.5 Å². The molecule has 2 aromatic carbocycles. The summed E-state index contributed by atoms with van der Waals surface area (Å²) in [6, 6.07) is 15.7. The standard InChI is InChI=1S/C20H22FNO2/c1-19(24,15-6-3-2-4-7-15)13-18(23)22-14-20(10-11-20)16-8-5-9-17(21)12-16/h2-9,12,24H,10-11,13-14H2,1H3,(H,22,23). The average Bonchev–Trinajstić information content (AvgIpc) is 3.35. The van der Waals surface area contributed by atoms with Crippen LogP contribution in [0.4, 0.5) is 4.39 Å². The highest BCUT2D eigenvalue weighted by atomic mass is 19.1. The molecular weight excluding hydrogens is 305 g/mol. The van der Waals surface area contributed by atoms with Crippen LogP contribution in [0.15, 0.2) is 54.6 Å². The summed E-state index contributed by atoms with van der Waals surface area (Å²) in [6.07, 6.45) is 1.87. The molecule has 0 spiro atoms. The number of carbonyl (C=O) groups is 1. The monoisotopic (exact) mass is 327 g/mol. The Morgan fingerprint density at radius 2 is 1.92 bits per heavy atom. The van der Waals surface area contributed by atoms with E-state index in [4.69, 9.17) is 0 Å². The van der Waals surface area contributed by atoms with E-state index in [0.29, 0.717) is 12.1 Å². The van der Waals surface area contributed by atoms with Crippen LogP contribution < -0.4 is 5.32 Å². The quantitative estimate of drug-likeness (QED) is 0.855. The first-order chi connectivity index (χ1) is 11.4. The van der Waals surface area contributed by atoms with Gasteiger partial charge in [-0.2, -0.15) is 0 Å². The van der Waals surface area contributed by atoms with Crippen LogP contribution in [0.2, 0.25) is 0 Å². The largest absolute Gasteiger partial charge is 0.385 e. The van der Waals surface area contributed by atoms with Gasteiger partial charge in [-0.3, -0.25) is 4.79 Å². The lowest BCUT2D eigenvalue weighted by molar-refractivity contribution is -0.125. The van der Waals surface area contributed by atoms with E-state index >= 15 is 0 Å². The van der Waals surface area contributed by atoms with Gasteiger partial charge in [-0.1, -0.05) is 42.5 Å². The minimum absolute atomic E-state index is 0.00373. The number of aliphatic hydroxyl groups is 1. The highest BCUT2D eigenvalue weighted by molar-refractivity contribution is 5.77. The number of carbonyl (C=O) groups excluding carboxylic acids is 1. The molecule has 3 rings (SSSR count). The van der Waals surface area contributed by atoms with E-state index in [1.165, 1.54) is 6.07 Å². The second kappa shape index (κ2) is 6.36. The Morgan fingerprint density at radius 3 is 2.54 bits per heavy atom. The van der Waals surface area contributed by atoms with Crippen LogP contribution in [0.5, 0.6) is 0 Å². The van der Waals surface area contributed by atoms with E-state index in [0.717, 1.165) is 18.4 Å². The number of rotatable bonds is 6. The summed E-state index contributed by atoms with van der Waals surface area (Å²) in [7, 11) is 0. The van der Waals surface area contributed by atoms with E-state index < -0.39 is 5.60 Å². The third-order valence-corrected chi connectivity index (χ3v) is 4.81. The second-order valence-electron chi connectivity index (χ2n) is 6.88. The molecule has 126 valence electrons. The van der Waals surface area contributed by atoms with E-state index in [-0.39, 0.29) is 23.6 Å². The molecule has 1 saturated carbocycles. The Bertz CT molecular complexity index is 723. The lowest BCUT2D eigenvalue weighted by Gasteiger charge is -2.24. The number of hydrogen-bond donors (Lipinski definition) is 2. The normalized spacial score (nSPS) is 17.8. The van der Waals surface area contributed by atoms with Crippen LogP contribution in [0.25, 0.3) is 0 Å². The van der Waals surface area contributed by atoms with Crippen molar-refractivity contribution in [2.45, 2.75) is 37.2 Å². The topological polar surface area (TPSA) is 49.3 Å². The molecule has 1 unspecified atom stereocenters. The summed E-state index contributed by atoms with van der Waals surface area (Å²) in [6.45, 7) is 2.11. The first-order valence-electron chi connectivity index (χ1n) is 8.22. The maximum absolute atomic E-state index is 13.4. The molecule has 2 N–H and O–H groups in total. The fourth-order valence-electron chi connectivity index (χ4n) is 3.08. The predicted molar refractivity (Wildman–Crippen MR) is 91.0 cm³/mol. The molecule has 2 aromatic rings. The van der Waals surface area contributed by atoms with Gasteiger partial charge in [0.1, 0.15) is 5.82 Å². The van der Waals surface area contributed by atoms with Gasteiger partial charge in [0.25, 0.3) is 0 Å². The zero-order chi connectivity index (χ0) is 17.2. The van der Waals surface area contributed by atoms with Crippen molar-refractivity contribution in [1.82, 2.24) is 5.32 Å². The van der Waals surface area contributed by atoms with Crippen molar-refractivity contribution in [2.75, 3.05) is 6.54 Å². The van der Waals surface area contributed by atoms with E-state index in [1.54, 1.807) is 19.1 Å². The van der Waals surface area contributed by atoms with Crippen molar-refractivity contribution < 1.29 is 14.3 Å². The number of benzene rings is 2. The van der Waals surface area contributed by atoms with Crippen molar-refractivity contribution in [3.8, 4) is 0 Å². The van der Waals surface area contributed by atoms with Gasteiger partial charge in [-0.05, 0) is 43.0 Å². The smallest absolute Gasteiger partial charge is 0.223 e. The summed E-state index contributed by atoms with van der Waals surface area (Å²) in [5.74, 6) is -0.455. The molecule has 0 saturated heterocycles. The number of nitrogens with one attached hydrogen (secondary N) is 1. The van der Waals surface area contributed by atoms with Crippen molar-refractivity contribution in [2.24, 2.45) is 0 Å². The van der Waals surface area contributed by atoms with Crippen LogP contribution in [-0.2, 0) is 15.8 Å². The zero-order valence-electron chi connectivity index (χ0n) is 13.8. The third-order valence-electron chi connectivity index (χ3n) is 4.81. The molecule has 1 fully saturated rings. The Morgan fingerprint density at radius 1 is 1.21 bits per heavy atom. The molecule has 0 radical (unpaired) electrons. The van der Waals surface area contributed by atoms with Gasteiger partial charge in [-0.25, -0.2) is 4.39 Å².